The first-order valence-corrected chi connectivity index (χ1v) is 6.14. The number of aryl methyl sites for hydroxylation is 1. The third kappa shape index (κ3) is 1.54. The molecule has 0 radical (unpaired) electrons. The predicted octanol–water partition coefficient (Wildman–Crippen LogP) is 2.05. The summed E-state index contributed by atoms with van der Waals surface area (Å²) in [6, 6.07) is 4.50. The molecule has 0 fully saturated rings. The number of anilines is 1. The Morgan fingerprint density at radius 3 is 3.00 bits per heavy atom. The molecule has 1 aliphatic rings. The van der Waals surface area contributed by atoms with Gasteiger partial charge in [-0.25, -0.2) is 9.37 Å². The summed E-state index contributed by atoms with van der Waals surface area (Å²) in [5.41, 5.74) is 6.16. The van der Waals surface area contributed by atoms with E-state index in [1.807, 2.05) is 0 Å². The Morgan fingerprint density at radius 1 is 1.47 bits per heavy atom. The van der Waals surface area contributed by atoms with E-state index in [0.717, 1.165) is 16.0 Å². The summed E-state index contributed by atoms with van der Waals surface area (Å²) in [6.45, 7) is 0. The lowest BCUT2D eigenvalue weighted by atomic mass is 9.95. The molecule has 0 aliphatic heterocycles. The van der Waals surface area contributed by atoms with Gasteiger partial charge in [0.15, 0.2) is 5.13 Å². The quantitative estimate of drug-likeness (QED) is 0.814. The maximum absolute atomic E-state index is 13.1. The van der Waals surface area contributed by atoms with Crippen LogP contribution < -0.4 is 5.73 Å². The van der Waals surface area contributed by atoms with Crippen LogP contribution in [0.3, 0.4) is 0 Å². The van der Waals surface area contributed by atoms with E-state index < -0.39 is 5.60 Å². The molecule has 1 unspecified atom stereocenters. The summed E-state index contributed by atoms with van der Waals surface area (Å²) in [5.74, 6) is -0.267. The number of aliphatic hydroxyl groups is 1. The van der Waals surface area contributed by atoms with Crippen molar-refractivity contribution in [2.45, 2.75) is 18.4 Å². The molecule has 0 amide bonds. The van der Waals surface area contributed by atoms with Crippen molar-refractivity contribution >= 4 is 16.5 Å². The standard InChI is InChI=1S/C12H11FN2OS/c13-8-1-2-9-7(5-8)3-4-12(9,16)10-6-15-11(14)17-10/h1-2,5-6,16H,3-4H2,(H2,14,15). The lowest BCUT2D eigenvalue weighted by Crippen LogP contribution is -2.22. The molecule has 0 spiro atoms. The summed E-state index contributed by atoms with van der Waals surface area (Å²) < 4.78 is 13.1. The molecule has 1 aromatic heterocycles. The minimum atomic E-state index is -1.06. The van der Waals surface area contributed by atoms with Crippen molar-refractivity contribution < 1.29 is 9.50 Å². The second-order valence-electron chi connectivity index (χ2n) is 4.22. The minimum Gasteiger partial charge on any atom is -0.379 e. The van der Waals surface area contributed by atoms with Crippen molar-refractivity contribution in [2.75, 3.05) is 5.73 Å². The zero-order valence-electron chi connectivity index (χ0n) is 8.98. The Morgan fingerprint density at radius 2 is 2.29 bits per heavy atom. The van der Waals surface area contributed by atoms with E-state index in [-0.39, 0.29) is 5.82 Å². The number of halogens is 1. The summed E-state index contributed by atoms with van der Waals surface area (Å²) in [7, 11) is 0. The molecular formula is C12H11FN2OS. The summed E-state index contributed by atoms with van der Waals surface area (Å²) >= 11 is 1.27. The monoisotopic (exact) mass is 250 g/mol. The van der Waals surface area contributed by atoms with E-state index in [0.29, 0.717) is 18.0 Å². The molecule has 1 aromatic carbocycles. The summed E-state index contributed by atoms with van der Waals surface area (Å²) in [6.07, 6.45) is 2.81. The lowest BCUT2D eigenvalue weighted by molar-refractivity contribution is 0.0866. The van der Waals surface area contributed by atoms with Crippen LogP contribution in [-0.2, 0) is 12.0 Å². The van der Waals surface area contributed by atoms with Gasteiger partial charge in [-0.15, -0.1) is 0 Å². The van der Waals surface area contributed by atoms with Gasteiger partial charge in [-0.2, -0.15) is 0 Å². The molecule has 1 aliphatic carbocycles. The number of benzene rings is 1. The lowest BCUT2D eigenvalue weighted by Gasteiger charge is -2.21. The summed E-state index contributed by atoms with van der Waals surface area (Å²) in [4.78, 5) is 4.68. The molecule has 3 rings (SSSR count). The fourth-order valence-corrected chi connectivity index (χ4v) is 3.17. The average molecular weight is 250 g/mol. The molecule has 5 heteroatoms. The van der Waals surface area contributed by atoms with Gasteiger partial charge in [-0.05, 0) is 36.1 Å². The third-order valence-corrected chi connectivity index (χ3v) is 4.18. The van der Waals surface area contributed by atoms with Crippen molar-refractivity contribution in [2.24, 2.45) is 0 Å². The number of thiazole rings is 1. The molecule has 3 N–H and O–H groups in total. The van der Waals surface area contributed by atoms with Gasteiger partial charge in [-0.1, -0.05) is 17.4 Å². The molecular weight excluding hydrogens is 239 g/mol. The molecule has 1 heterocycles. The maximum Gasteiger partial charge on any atom is 0.180 e. The fourth-order valence-electron chi connectivity index (χ4n) is 2.36. The van der Waals surface area contributed by atoms with Gasteiger partial charge in [0.1, 0.15) is 11.4 Å². The van der Waals surface area contributed by atoms with E-state index >= 15 is 0 Å². The van der Waals surface area contributed by atoms with Gasteiger partial charge in [0, 0.05) is 6.20 Å². The number of nitrogens with two attached hydrogens (primary N) is 1. The molecule has 88 valence electrons. The van der Waals surface area contributed by atoms with E-state index in [9.17, 15) is 9.50 Å². The highest BCUT2D eigenvalue weighted by Crippen LogP contribution is 2.44. The van der Waals surface area contributed by atoms with E-state index in [1.165, 1.54) is 23.5 Å². The van der Waals surface area contributed by atoms with E-state index in [1.54, 1.807) is 12.3 Å². The Hall–Kier alpha value is -1.46. The first kappa shape index (κ1) is 10.7. The minimum absolute atomic E-state index is 0.267. The van der Waals surface area contributed by atoms with Crippen LogP contribution in [0.15, 0.2) is 24.4 Å². The van der Waals surface area contributed by atoms with Gasteiger partial charge in [0.25, 0.3) is 0 Å². The van der Waals surface area contributed by atoms with Crippen molar-refractivity contribution in [3.63, 3.8) is 0 Å². The number of hydrogen-bond acceptors (Lipinski definition) is 4. The Balaban J connectivity index is 2.13. The fraction of sp³-hybridized carbons (Fsp3) is 0.250. The Kier molecular flexibility index (Phi) is 2.21. The van der Waals surface area contributed by atoms with Crippen LogP contribution >= 0.6 is 11.3 Å². The van der Waals surface area contributed by atoms with Crippen molar-refractivity contribution in [3.8, 4) is 0 Å². The van der Waals surface area contributed by atoms with E-state index in [4.69, 9.17) is 5.73 Å². The van der Waals surface area contributed by atoms with Crippen LogP contribution in [0.5, 0.6) is 0 Å². The first-order chi connectivity index (χ1) is 8.09. The summed E-state index contributed by atoms with van der Waals surface area (Å²) in [5, 5.41) is 11.1. The number of fused-ring (bicyclic) bond motifs is 1. The largest absolute Gasteiger partial charge is 0.379 e. The van der Waals surface area contributed by atoms with Gasteiger partial charge in [-0.3, -0.25) is 0 Å². The van der Waals surface area contributed by atoms with Crippen molar-refractivity contribution in [1.29, 1.82) is 0 Å². The number of nitrogens with zero attached hydrogens (tertiary/aromatic N) is 1. The van der Waals surface area contributed by atoms with Gasteiger partial charge in [0.05, 0.1) is 4.88 Å². The normalized spacial score (nSPS) is 22.7. The molecule has 0 bridgehead atoms. The highest BCUT2D eigenvalue weighted by atomic mass is 32.1. The van der Waals surface area contributed by atoms with E-state index in [2.05, 4.69) is 4.98 Å². The topological polar surface area (TPSA) is 59.1 Å². The van der Waals surface area contributed by atoms with Crippen molar-refractivity contribution in [1.82, 2.24) is 4.98 Å². The van der Waals surface area contributed by atoms with Crippen LogP contribution in [0.4, 0.5) is 9.52 Å². The molecule has 1 atom stereocenters. The third-order valence-electron chi connectivity index (χ3n) is 3.20. The second kappa shape index (κ2) is 3.51. The highest BCUT2D eigenvalue weighted by Gasteiger charge is 2.39. The zero-order valence-corrected chi connectivity index (χ0v) is 9.80. The Bertz CT molecular complexity index is 584. The number of hydrogen-bond donors (Lipinski definition) is 2. The highest BCUT2D eigenvalue weighted by molar-refractivity contribution is 7.15. The van der Waals surface area contributed by atoms with Gasteiger partial charge < -0.3 is 10.8 Å². The molecule has 2 aromatic rings. The van der Waals surface area contributed by atoms with Crippen LogP contribution in [-0.4, -0.2) is 10.1 Å². The van der Waals surface area contributed by atoms with Crippen molar-refractivity contribution in [3.05, 3.63) is 46.2 Å². The molecule has 17 heavy (non-hydrogen) atoms. The Labute approximate surface area is 102 Å². The number of rotatable bonds is 1. The van der Waals surface area contributed by atoms with Crippen LogP contribution in [0.1, 0.15) is 22.4 Å². The molecule has 0 saturated heterocycles. The SMILES string of the molecule is Nc1ncc(C2(O)CCc3cc(F)ccc32)s1. The average Bonchev–Trinajstić information content (AvgIpc) is 2.85. The zero-order chi connectivity index (χ0) is 12.0. The van der Waals surface area contributed by atoms with Gasteiger partial charge >= 0.3 is 0 Å². The van der Waals surface area contributed by atoms with Gasteiger partial charge in [0.2, 0.25) is 0 Å². The first-order valence-electron chi connectivity index (χ1n) is 5.33. The maximum atomic E-state index is 13.1. The predicted molar refractivity (Wildman–Crippen MR) is 64.2 cm³/mol. The number of aromatic nitrogens is 1. The smallest absolute Gasteiger partial charge is 0.180 e. The molecule has 0 saturated carbocycles. The number of nitrogen functional groups attached to an aromatic ring is 1. The van der Waals surface area contributed by atoms with Crippen LogP contribution in [0, 0.1) is 5.82 Å². The second-order valence-corrected chi connectivity index (χ2v) is 5.29. The van der Waals surface area contributed by atoms with Crippen LogP contribution in [0.2, 0.25) is 0 Å². The molecule has 3 nitrogen and oxygen atoms in total. The van der Waals surface area contributed by atoms with Crippen LogP contribution in [0.25, 0.3) is 0 Å².